The Labute approximate surface area is 116 Å². The van der Waals surface area contributed by atoms with Crippen LogP contribution in [0.25, 0.3) is 11.1 Å². The number of rotatable bonds is 4. The van der Waals surface area contributed by atoms with Gasteiger partial charge in [0, 0.05) is 5.16 Å². The summed E-state index contributed by atoms with van der Waals surface area (Å²) in [5, 5.41) is -0.00454. The van der Waals surface area contributed by atoms with E-state index in [1.807, 2.05) is 18.2 Å². The van der Waals surface area contributed by atoms with Gasteiger partial charge in [-0.2, -0.15) is 4.98 Å². The first-order valence-corrected chi connectivity index (χ1v) is 6.84. The molecule has 0 fully saturated rings. The Bertz CT molecular complexity index is 590. The van der Waals surface area contributed by atoms with Crippen molar-refractivity contribution in [2.45, 2.75) is 38.5 Å². The molecule has 4 nitrogen and oxygen atoms in total. The normalized spacial score (nSPS) is 12.9. The van der Waals surface area contributed by atoms with Gasteiger partial charge in [-0.05, 0) is 26.0 Å². The molecule has 1 aromatic carbocycles. The number of nitrogens with zero attached hydrogens (tertiary/aromatic N) is 1. The Morgan fingerprint density at radius 2 is 2.00 bits per heavy atom. The first-order chi connectivity index (χ1) is 8.69. The van der Waals surface area contributed by atoms with Gasteiger partial charge in [-0.25, -0.2) is 0 Å². The van der Waals surface area contributed by atoms with Gasteiger partial charge in [-0.3, -0.25) is 0 Å². The predicted molar refractivity (Wildman–Crippen MR) is 84.2 cm³/mol. The van der Waals surface area contributed by atoms with Crippen LogP contribution in [0.4, 0.5) is 6.01 Å². The highest BCUT2D eigenvalue weighted by molar-refractivity contribution is 7.19. The summed E-state index contributed by atoms with van der Waals surface area (Å²) >= 11 is 0. The number of hydrogen-bond acceptors (Lipinski definition) is 4. The van der Waals surface area contributed by atoms with Crippen molar-refractivity contribution in [1.29, 1.82) is 0 Å². The highest BCUT2D eigenvalue weighted by Gasteiger charge is 2.33. The minimum Gasteiger partial charge on any atom is -0.429 e. The zero-order valence-electron chi connectivity index (χ0n) is 11.9. The van der Waals surface area contributed by atoms with Crippen molar-refractivity contribution in [3.63, 3.8) is 0 Å². The summed E-state index contributed by atoms with van der Waals surface area (Å²) in [5.41, 5.74) is 7.81. The second-order valence-electron chi connectivity index (χ2n) is 5.87. The molecule has 0 bridgehead atoms. The minimum absolute atomic E-state index is 0.00454. The molecule has 0 aliphatic heterocycles. The predicted octanol–water partition coefficient (Wildman–Crippen LogP) is 1.84. The van der Waals surface area contributed by atoms with Crippen LogP contribution in [0.5, 0.6) is 0 Å². The molecule has 0 saturated heterocycles. The molecule has 1 heterocycles. The van der Waals surface area contributed by atoms with Gasteiger partial charge < -0.3 is 14.8 Å². The first kappa shape index (κ1) is 14.4. The zero-order chi connectivity index (χ0) is 14.3. The SMILES string of the molecule is CC(C)(P)C(C)(C)OBc1ccc2oc(N)nc2c1. The van der Waals surface area contributed by atoms with E-state index >= 15 is 0 Å². The van der Waals surface area contributed by atoms with Gasteiger partial charge in [0.25, 0.3) is 6.01 Å². The summed E-state index contributed by atoms with van der Waals surface area (Å²) < 4.78 is 11.3. The molecule has 102 valence electrons. The number of nitrogens with two attached hydrogens (primary N) is 1. The quantitative estimate of drug-likeness (QED) is 0.684. The van der Waals surface area contributed by atoms with Crippen molar-refractivity contribution < 1.29 is 9.07 Å². The third-order valence-electron chi connectivity index (χ3n) is 3.62. The fourth-order valence-electron chi connectivity index (χ4n) is 1.53. The lowest BCUT2D eigenvalue weighted by Gasteiger charge is -2.39. The molecule has 1 unspecified atom stereocenters. The van der Waals surface area contributed by atoms with Crippen molar-refractivity contribution in [2.24, 2.45) is 0 Å². The topological polar surface area (TPSA) is 61.3 Å². The van der Waals surface area contributed by atoms with Crippen LogP contribution < -0.4 is 11.2 Å². The molecule has 2 N–H and O–H groups in total. The summed E-state index contributed by atoms with van der Waals surface area (Å²) in [6.45, 7) is 8.46. The molecule has 0 radical (unpaired) electrons. The molecule has 0 amide bonds. The van der Waals surface area contributed by atoms with Crippen LogP contribution in [-0.4, -0.2) is 23.2 Å². The first-order valence-electron chi connectivity index (χ1n) is 6.27. The number of hydrogen-bond donors (Lipinski definition) is 1. The molecule has 0 aliphatic rings. The van der Waals surface area contributed by atoms with Crippen LogP contribution in [0.15, 0.2) is 22.6 Å². The number of benzene rings is 1. The van der Waals surface area contributed by atoms with E-state index in [9.17, 15) is 0 Å². The fraction of sp³-hybridized carbons (Fsp3) is 0.462. The van der Waals surface area contributed by atoms with Crippen molar-refractivity contribution in [3.8, 4) is 0 Å². The third kappa shape index (κ3) is 3.10. The van der Waals surface area contributed by atoms with E-state index < -0.39 is 0 Å². The number of nitrogen functional groups attached to an aromatic ring is 1. The highest BCUT2D eigenvalue weighted by atomic mass is 31.0. The lowest BCUT2D eigenvalue weighted by Crippen LogP contribution is -2.45. The van der Waals surface area contributed by atoms with E-state index in [2.05, 4.69) is 41.9 Å². The smallest absolute Gasteiger partial charge is 0.309 e. The molecule has 0 spiro atoms. The lowest BCUT2D eigenvalue weighted by atomic mass is 9.84. The van der Waals surface area contributed by atoms with Crippen molar-refractivity contribution in [1.82, 2.24) is 4.98 Å². The molecule has 1 atom stereocenters. The van der Waals surface area contributed by atoms with Crippen LogP contribution in [0, 0.1) is 0 Å². The molecule has 0 saturated carbocycles. The summed E-state index contributed by atoms with van der Waals surface area (Å²) in [5.74, 6) is 0. The Kier molecular flexibility index (Phi) is 3.63. The number of oxazole rings is 1. The number of fused-ring (bicyclic) bond motifs is 1. The van der Waals surface area contributed by atoms with Crippen molar-refractivity contribution >= 4 is 39.3 Å². The number of anilines is 1. The minimum atomic E-state index is -0.241. The van der Waals surface area contributed by atoms with E-state index in [4.69, 9.17) is 14.8 Å². The van der Waals surface area contributed by atoms with Gasteiger partial charge >= 0.3 is 7.48 Å². The Balaban J connectivity index is 2.14. The Hall–Kier alpha value is -1.06. The van der Waals surface area contributed by atoms with Crippen LogP contribution in [-0.2, 0) is 4.65 Å². The second-order valence-corrected chi connectivity index (χ2v) is 7.32. The van der Waals surface area contributed by atoms with Gasteiger partial charge in [-0.15, -0.1) is 9.24 Å². The summed E-state index contributed by atoms with van der Waals surface area (Å²) in [7, 11) is 3.36. The molecule has 1 aromatic heterocycles. The van der Waals surface area contributed by atoms with E-state index in [0.29, 0.717) is 13.1 Å². The Morgan fingerprint density at radius 3 is 2.63 bits per heavy atom. The zero-order valence-corrected chi connectivity index (χ0v) is 13.0. The van der Waals surface area contributed by atoms with Crippen molar-refractivity contribution in [2.75, 3.05) is 5.73 Å². The highest BCUT2D eigenvalue weighted by Crippen LogP contribution is 2.33. The molecule has 6 heteroatoms. The maximum Gasteiger partial charge on any atom is 0.309 e. The summed E-state index contributed by atoms with van der Waals surface area (Å²) in [6.07, 6.45) is 0. The molecular weight excluding hydrogens is 258 g/mol. The van der Waals surface area contributed by atoms with E-state index in [1.54, 1.807) is 0 Å². The van der Waals surface area contributed by atoms with E-state index in [-0.39, 0.29) is 16.8 Å². The van der Waals surface area contributed by atoms with Gasteiger partial charge in [0.2, 0.25) is 0 Å². The largest absolute Gasteiger partial charge is 0.429 e. The van der Waals surface area contributed by atoms with Gasteiger partial charge in [0.1, 0.15) is 5.52 Å². The summed E-state index contributed by atoms with van der Waals surface area (Å²) in [4.78, 5) is 4.12. The van der Waals surface area contributed by atoms with Crippen LogP contribution >= 0.6 is 9.24 Å². The third-order valence-corrected chi connectivity index (χ3v) is 4.32. The van der Waals surface area contributed by atoms with Crippen LogP contribution in [0.2, 0.25) is 0 Å². The average Bonchev–Trinajstić information content (AvgIpc) is 2.64. The monoisotopic (exact) mass is 278 g/mol. The maximum absolute atomic E-state index is 6.03. The summed E-state index contributed by atoms with van der Waals surface area (Å²) in [6, 6.07) is 5.98. The van der Waals surface area contributed by atoms with Gasteiger partial charge in [-0.1, -0.05) is 25.4 Å². The number of aromatic nitrogens is 1. The fourth-order valence-corrected chi connectivity index (χ4v) is 1.61. The maximum atomic E-state index is 6.03. The van der Waals surface area contributed by atoms with Crippen LogP contribution in [0.1, 0.15) is 27.7 Å². The van der Waals surface area contributed by atoms with Crippen LogP contribution in [0.3, 0.4) is 0 Å². The van der Waals surface area contributed by atoms with Crippen molar-refractivity contribution in [3.05, 3.63) is 18.2 Å². The van der Waals surface area contributed by atoms with E-state index in [1.165, 1.54) is 0 Å². The van der Waals surface area contributed by atoms with Gasteiger partial charge in [0.15, 0.2) is 5.58 Å². The molecule has 0 aliphatic carbocycles. The van der Waals surface area contributed by atoms with Gasteiger partial charge in [0.05, 0.1) is 5.60 Å². The molecular formula is C13H20BN2O2P. The lowest BCUT2D eigenvalue weighted by molar-refractivity contribution is 0.0841. The second kappa shape index (κ2) is 4.80. The molecule has 19 heavy (non-hydrogen) atoms. The standard InChI is InChI=1S/C13H20BN2O2P/c1-12(2,13(3,4)19)18-14-8-5-6-10-9(7-8)16-11(15)17-10/h5-7,14H,19H2,1-4H3,(H2,15,16). The molecule has 2 rings (SSSR count). The van der Waals surface area contributed by atoms with E-state index in [0.717, 1.165) is 11.0 Å². The Morgan fingerprint density at radius 1 is 1.32 bits per heavy atom. The average molecular weight is 278 g/mol. The molecule has 2 aromatic rings.